The average molecular weight is 385 g/mol. The number of likely N-dealkylation sites (N-methyl/N-ethyl adjacent to an activating group) is 1. The van der Waals surface area contributed by atoms with Crippen LogP contribution in [0.3, 0.4) is 0 Å². The van der Waals surface area contributed by atoms with Gasteiger partial charge < -0.3 is 10.0 Å². The van der Waals surface area contributed by atoms with Gasteiger partial charge in [0.25, 0.3) is 10.2 Å². The van der Waals surface area contributed by atoms with Crippen molar-refractivity contribution >= 4 is 22.1 Å². The van der Waals surface area contributed by atoms with Gasteiger partial charge in [-0.2, -0.15) is 22.3 Å². The van der Waals surface area contributed by atoms with Crippen molar-refractivity contribution in [1.29, 1.82) is 5.26 Å². The van der Waals surface area contributed by atoms with Gasteiger partial charge in [0.2, 0.25) is 5.91 Å². The predicted molar refractivity (Wildman–Crippen MR) is 90.0 cm³/mol. The minimum Gasteiger partial charge on any atom is -0.480 e. The third kappa shape index (κ3) is 3.29. The summed E-state index contributed by atoms with van der Waals surface area (Å²) in [7, 11) is -1.97. The quantitative estimate of drug-likeness (QED) is 0.616. The van der Waals surface area contributed by atoms with Crippen molar-refractivity contribution in [2.75, 3.05) is 46.3 Å². The van der Waals surface area contributed by atoms with Crippen LogP contribution in [0.25, 0.3) is 0 Å². The summed E-state index contributed by atoms with van der Waals surface area (Å²) in [6, 6.07) is 0.503. The molecule has 0 aliphatic carbocycles. The molecule has 3 fully saturated rings. The number of carboxylic acid groups (broad SMARTS) is 1. The molecule has 2 atom stereocenters. The van der Waals surface area contributed by atoms with Crippen molar-refractivity contribution in [3.63, 3.8) is 0 Å². The number of carbonyl (C=O) groups excluding carboxylic acids is 1. The van der Waals surface area contributed by atoms with Crippen LogP contribution in [0, 0.1) is 17.2 Å². The van der Waals surface area contributed by atoms with E-state index in [1.54, 1.807) is 11.9 Å². The zero-order valence-corrected chi connectivity index (χ0v) is 15.4. The number of hydrogen-bond donors (Lipinski definition) is 1. The number of nitriles is 1. The standard InChI is InChI=1S/C15H23N5O5S/c1-17-5-6-18(26(24,25)19-8-11(7-16)9-19)10-13(17)14(21)20-4-2-3-12(20)15(22)23/h11-13H,2-6,8-10H2,1H3,(H,22,23)/t12-,13?/m1/s1. The van der Waals surface area contributed by atoms with Crippen LogP contribution in [-0.2, 0) is 19.8 Å². The number of nitrogens with zero attached hydrogens (tertiary/aromatic N) is 5. The van der Waals surface area contributed by atoms with Crippen molar-refractivity contribution in [1.82, 2.24) is 18.4 Å². The first-order chi connectivity index (χ1) is 12.3. The molecule has 1 N–H and O–H groups in total. The van der Waals surface area contributed by atoms with Crippen LogP contribution in [0.2, 0.25) is 0 Å². The van der Waals surface area contributed by atoms with E-state index < -0.39 is 28.3 Å². The summed E-state index contributed by atoms with van der Waals surface area (Å²) < 4.78 is 27.9. The molecule has 3 aliphatic heterocycles. The fourth-order valence-electron chi connectivity index (χ4n) is 3.67. The van der Waals surface area contributed by atoms with Gasteiger partial charge in [-0.05, 0) is 19.9 Å². The summed E-state index contributed by atoms with van der Waals surface area (Å²) in [5.41, 5.74) is 0. The van der Waals surface area contributed by atoms with Crippen LogP contribution >= 0.6 is 0 Å². The Balaban J connectivity index is 1.71. The summed E-state index contributed by atoms with van der Waals surface area (Å²) >= 11 is 0. The molecular formula is C15H23N5O5S. The highest BCUT2D eigenvalue weighted by atomic mass is 32.2. The molecular weight excluding hydrogens is 362 g/mol. The molecule has 0 aromatic carbocycles. The molecule has 10 nitrogen and oxygen atoms in total. The number of hydrogen-bond acceptors (Lipinski definition) is 6. The molecule has 0 radical (unpaired) electrons. The lowest BCUT2D eigenvalue weighted by molar-refractivity contribution is -0.151. The Morgan fingerprint density at radius 1 is 1.08 bits per heavy atom. The van der Waals surface area contributed by atoms with Gasteiger partial charge in [-0.25, -0.2) is 4.79 Å². The fraction of sp³-hybridized carbons (Fsp3) is 0.800. The van der Waals surface area contributed by atoms with Gasteiger partial charge in [-0.15, -0.1) is 0 Å². The molecule has 26 heavy (non-hydrogen) atoms. The highest BCUT2D eigenvalue weighted by Crippen LogP contribution is 2.25. The van der Waals surface area contributed by atoms with Gasteiger partial charge in [0.15, 0.2) is 0 Å². The predicted octanol–water partition coefficient (Wildman–Crippen LogP) is -1.62. The maximum absolute atomic E-state index is 12.9. The van der Waals surface area contributed by atoms with Crippen LogP contribution in [-0.4, -0.2) is 102 Å². The highest BCUT2D eigenvalue weighted by molar-refractivity contribution is 7.86. The average Bonchev–Trinajstić information content (AvgIpc) is 3.03. The van der Waals surface area contributed by atoms with Crippen LogP contribution < -0.4 is 0 Å². The molecule has 144 valence electrons. The zero-order valence-electron chi connectivity index (χ0n) is 14.6. The summed E-state index contributed by atoms with van der Waals surface area (Å²) in [5.74, 6) is -1.65. The SMILES string of the molecule is CN1CCN(S(=O)(=O)N2CC(C#N)C2)CC1C(=O)N1CCC[C@@H]1C(=O)O. The van der Waals surface area contributed by atoms with Gasteiger partial charge in [0.05, 0.1) is 12.0 Å². The Kier molecular flexibility index (Phi) is 5.21. The molecule has 3 saturated heterocycles. The largest absolute Gasteiger partial charge is 0.480 e. The molecule has 0 bridgehead atoms. The zero-order chi connectivity index (χ0) is 19.1. The lowest BCUT2D eigenvalue weighted by atomic mass is 10.1. The third-order valence-electron chi connectivity index (χ3n) is 5.40. The van der Waals surface area contributed by atoms with E-state index in [4.69, 9.17) is 5.26 Å². The van der Waals surface area contributed by atoms with Crippen molar-refractivity contribution in [3.05, 3.63) is 0 Å². The van der Waals surface area contributed by atoms with Crippen molar-refractivity contribution in [3.8, 4) is 6.07 Å². The summed E-state index contributed by atoms with van der Waals surface area (Å²) in [6.07, 6.45) is 1.05. The van der Waals surface area contributed by atoms with E-state index >= 15 is 0 Å². The maximum atomic E-state index is 12.9. The summed E-state index contributed by atoms with van der Waals surface area (Å²) in [5, 5.41) is 18.1. The lowest BCUT2D eigenvalue weighted by Gasteiger charge is -2.43. The van der Waals surface area contributed by atoms with E-state index in [-0.39, 0.29) is 38.0 Å². The molecule has 3 heterocycles. The van der Waals surface area contributed by atoms with Gasteiger partial charge in [-0.3, -0.25) is 9.69 Å². The van der Waals surface area contributed by atoms with Crippen molar-refractivity contribution < 1.29 is 23.1 Å². The van der Waals surface area contributed by atoms with Crippen LogP contribution in [0.15, 0.2) is 0 Å². The minimum absolute atomic E-state index is 0.00573. The van der Waals surface area contributed by atoms with E-state index in [2.05, 4.69) is 0 Å². The number of aliphatic carboxylic acids is 1. The maximum Gasteiger partial charge on any atom is 0.326 e. The first-order valence-electron chi connectivity index (χ1n) is 8.64. The minimum atomic E-state index is -3.71. The molecule has 0 aromatic rings. The van der Waals surface area contributed by atoms with Crippen LogP contribution in [0.1, 0.15) is 12.8 Å². The highest BCUT2D eigenvalue weighted by Gasteiger charge is 2.45. The van der Waals surface area contributed by atoms with E-state index in [0.29, 0.717) is 25.9 Å². The first kappa shape index (κ1) is 19.0. The molecule has 0 aromatic heterocycles. The van der Waals surface area contributed by atoms with Crippen LogP contribution in [0.5, 0.6) is 0 Å². The van der Waals surface area contributed by atoms with E-state index in [9.17, 15) is 23.1 Å². The number of carbonyl (C=O) groups is 2. The van der Waals surface area contributed by atoms with Gasteiger partial charge in [-0.1, -0.05) is 0 Å². The van der Waals surface area contributed by atoms with Gasteiger partial charge >= 0.3 is 5.97 Å². The third-order valence-corrected chi connectivity index (χ3v) is 7.33. The Bertz CT molecular complexity index is 729. The molecule has 1 amide bonds. The molecule has 0 spiro atoms. The Morgan fingerprint density at radius 3 is 2.38 bits per heavy atom. The number of piperazine rings is 1. The second-order valence-corrected chi connectivity index (χ2v) is 8.96. The summed E-state index contributed by atoms with van der Waals surface area (Å²) in [4.78, 5) is 27.4. The Labute approximate surface area is 152 Å². The van der Waals surface area contributed by atoms with Crippen molar-refractivity contribution in [2.45, 2.75) is 24.9 Å². The van der Waals surface area contributed by atoms with E-state index in [1.165, 1.54) is 13.5 Å². The Hall–Kier alpha value is -1.74. The topological polar surface area (TPSA) is 125 Å². The van der Waals surface area contributed by atoms with Crippen LogP contribution in [0.4, 0.5) is 0 Å². The molecule has 3 aliphatic rings. The number of rotatable bonds is 4. The smallest absolute Gasteiger partial charge is 0.326 e. The molecule has 11 heteroatoms. The monoisotopic (exact) mass is 385 g/mol. The van der Waals surface area contributed by atoms with E-state index in [0.717, 1.165) is 0 Å². The van der Waals surface area contributed by atoms with Gasteiger partial charge in [0.1, 0.15) is 12.1 Å². The fourth-order valence-corrected chi connectivity index (χ4v) is 5.38. The molecule has 3 rings (SSSR count). The number of amides is 1. The molecule has 1 unspecified atom stereocenters. The number of carboxylic acids is 1. The summed E-state index contributed by atoms with van der Waals surface area (Å²) in [6.45, 7) is 1.38. The second kappa shape index (κ2) is 7.11. The molecule has 0 saturated carbocycles. The van der Waals surface area contributed by atoms with Gasteiger partial charge in [0, 0.05) is 39.3 Å². The normalized spacial score (nSPS) is 29.3. The van der Waals surface area contributed by atoms with E-state index in [1.807, 2.05) is 6.07 Å². The Morgan fingerprint density at radius 2 is 1.77 bits per heavy atom. The number of likely N-dealkylation sites (tertiary alicyclic amines) is 1. The lowest BCUT2D eigenvalue weighted by Crippen LogP contribution is -2.63. The van der Waals surface area contributed by atoms with Crippen molar-refractivity contribution in [2.24, 2.45) is 5.92 Å². The second-order valence-electron chi connectivity index (χ2n) is 7.03. The first-order valence-corrected chi connectivity index (χ1v) is 10.0.